The number of halogens is 1. The number of nitrogens with zero attached hydrogens (tertiary/aromatic N) is 1. The molecule has 6 nitrogen and oxygen atoms in total. The average molecular weight is 510 g/mol. The number of H-pyrrole nitrogens is 1. The number of hydrogen-bond donors (Lipinski definition) is 2. The zero-order chi connectivity index (χ0) is 22.5. The van der Waals surface area contributed by atoms with Crippen LogP contribution in [0.15, 0.2) is 83.6 Å². The number of aromatic amines is 1. The Bertz CT molecular complexity index is 1570. The van der Waals surface area contributed by atoms with Crippen molar-refractivity contribution in [1.82, 2.24) is 9.55 Å². The van der Waals surface area contributed by atoms with Crippen LogP contribution >= 0.6 is 15.9 Å². The molecular formula is C24H20BrN3O3S. The van der Waals surface area contributed by atoms with Gasteiger partial charge in [-0.25, -0.2) is 0 Å². The van der Waals surface area contributed by atoms with Gasteiger partial charge in [-0.1, -0.05) is 52.3 Å². The zero-order valence-corrected chi connectivity index (χ0v) is 19.5. The maximum Gasteiger partial charge on any atom is 0.380 e. The van der Waals surface area contributed by atoms with Crippen LogP contribution in [0.5, 0.6) is 5.75 Å². The van der Waals surface area contributed by atoms with Gasteiger partial charge < -0.3 is 13.7 Å². The lowest BCUT2D eigenvalue weighted by Crippen LogP contribution is -2.20. The fourth-order valence-corrected chi connectivity index (χ4v) is 5.14. The van der Waals surface area contributed by atoms with Crippen LogP contribution in [0.1, 0.15) is 22.6 Å². The summed E-state index contributed by atoms with van der Waals surface area (Å²) in [5.74, 6) is -0.0978. The van der Waals surface area contributed by atoms with E-state index < -0.39 is 10.3 Å². The Morgan fingerprint density at radius 1 is 0.969 bits per heavy atom. The first kappa shape index (κ1) is 20.8. The molecule has 5 aromatic rings. The third-order valence-corrected chi connectivity index (χ3v) is 6.57. The highest BCUT2D eigenvalue weighted by Gasteiger charge is 2.27. The van der Waals surface area contributed by atoms with Crippen molar-refractivity contribution in [1.29, 1.82) is 0 Å². The van der Waals surface area contributed by atoms with E-state index in [9.17, 15) is 8.42 Å². The highest BCUT2D eigenvalue weighted by Crippen LogP contribution is 2.43. The third-order valence-electron chi connectivity index (χ3n) is 5.66. The van der Waals surface area contributed by atoms with Crippen LogP contribution in [-0.4, -0.2) is 18.0 Å². The fraction of sp³-hybridized carbons (Fsp3) is 0.0833. The number of nitrogens with one attached hydrogen (secondary N) is 1. The summed E-state index contributed by atoms with van der Waals surface area (Å²) < 4.78 is 31.9. The Hall–Kier alpha value is -3.07. The molecule has 0 spiro atoms. The van der Waals surface area contributed by atoms with Gasteiger partial charge in [0, 0.05) is 57.2 Å². The molecule has 1 unspecified atom stereocenters. The molecule has 0 bridgehead atoms. The van der Waals surface area contributed by atoms with Crippen LogP contribution in [-0.2, 0) is 17.4 Å². The number of nitrogens with two attached hydrogens (primary N) is 1. The van der Waals surface area contributed by atoms with Crippen molar-refractivity contribution in [3.63, 3.8) is 0 Å². The highest BCUT2D eigenvalue weighted by atomic mass is 79.9. The molecule has 0 aliphatic rings. The molecule has 2 heterocycles. The molecule has 5 rings (SSSR count). The minimum absolute atomic E-state index is 0.206. The largest absolute Gasteiger partial charge is 0.380 e. The summed E-state index contributed by atoms with van der Waals surface area (Å²) in [5.41, 5.74) is 4.81. The standard InChI is InChI=1S/C24H20BrN3O3S/c1-28-14-20(18-12-15(25)10-11-22(18)28)24(19-13-27-21-8-4-2-6-16(19)21)17-7-3-5-9-23(17)31-32(26,29)30/h2-14,24,27H,1H3,(H2,26,29,30). The number of rotatable bonds is 5. The van der Waals surface area contributed by atoms with Crippen molar-refractivity contribution in [3.05, 3.63) is 100 Å². The van der Waals surface area contributed by atoms with Gasteiger partial charge in [0.05, 0.1) is 0 Å². The molecule has 0 amide bonds. The van der Waals surface area contributed by atoms with Crippen LogP contribution in [0.3, 0.4) is 0 Å². The van der Waals surface area contributed by atoms with E-state index >= 15 is 0 Å². The third kappa shape index (κ3) is 3.70. The van der Waals surface area contributed by atoms with Crippen molar-refractivity contribution < 1.29 is 12.6 Å². The maximum absolute atomic E-state index is 11.8. The number of para-hydroxylation sites is 2. The normalized spacial score (nSPS) is 13.0. The van der Waals surface area contributed by atoms with E-state index in [1.807, 2.05) is 49.6 Å². The number of aryl methyl sites for hydroxylation is 1. The summed E-state index contributed by atoms with van der Waals surface area (Å²) in [4.78, 5) is 3.34. The maximum atomic E-state index is 11.8. The van der Waals surface area contributed by atoms with Crippen LogP contribution in [0.2, 0.25) is 0 Å². The lowest BCUT2D eigenvalue weighted by atomic mass is 9.84. The summed E-state index contributed by atoms with van der Waals surface area (Å²) >= 11 is 3.59. The van der Waals surface area contributed by atoms with E-state index in [4.69, 9.17) is 9.32 Å². The SMILES string of the molecule is Cn1cc(C(c2ccccc2OS(N)(=O)=O)c2c[nH]c3ccccc23)c2cc(Br)ccc21. The Morgan fingerprint density at radius 2 is 1.72 bits per heavy atom. The Morgan fingerprint density at radius 3 is 2.53 bits per heavy atom. The van der Waals surface area contributed by atoms with Gasteiger partial charge in [0.2, 0.25) is 0 Å². The molecule has 3 N–H and O–H groups in total. The van der Waals surface area contributed by atoms with Gasteiger partial charge in [-0.3, -0.25) is 0 Å². The summed E-state index contributed by atoms with van der Waals surface area (Å²) in [7, 11) is -2.19. The molecule has 0 saturated carbocycles. The van der Waals surface area contributed by atoms with Gasteiger partial charge in [0.1, 0.15) is 5.75 Å². The first-order valence-corrected chi connectivity index (χ1v) is 12.2. The van der Waals surface area contributed by atoms with E-state index in [-0.39, 0.29) is 11.7 Å². The van der Waals surface area contributed by atoms with Gasteiger partial charge in [0.15, 0.2) is 0 Å². The van der Waals surface area contributed by atoms with Crippen LogP contribution < -0.4 is 9.32 Å². The predicted octanol–water partition coefficient (Wildman–Crippen LogP) is 5.18. The van der Waals surface area contributed by atoms with Gasteiger partial charge in [-0.05, 0) is 41.5 Å². The van der Waals surface area contributed by atoms with Crippen molar-refractivity contribution in [2.45, 2.75) is 5.92 Å². The van der Waals surface area contributed by atoms with Crippen molar-refractivity contribution in [2.75, 3.05) is 0 Å². The second kappa shape index (κ2) is 7.81. The summed E-state index contributed by atoms with van der Waals surface area (Å²) in [6.45, 7) is 0. The molecule has 32 heavy (non-hydrogen) atoms. The Balaban J connectivity index is 1.85. The smallest absolute Gasteiger partial charge is 0.371 e. The molecule has 0 saturated heterocycles. The molecule has 0 aliphatic heterocycles. The van der Waals surface area contributed by atoms with Crippen LogP contribution in [0.4, 0.5) is 0 Å². The molecule has 1 atom stereocenters. The van der Waals surface area contributed by atoms with E-state index in [1.54, 1.807) is 12.1 Å². The average Bonchev–Trinajstić information content (AvgIpc) is 3.30. The fourth-order valence-electron chi connectivity index (χ4n) is 4.38. The molecule has 0 fully saturated rings. The number of benzene rings is 3. The quantitative estimate of drug-likeness (QED) is 0.341. The molecule has 162 valence electrons. The predicted molar refractivity (Wildman–Crippen MR) is 130 cm³/mol. The van der Waals surface area contributed by atoms with Gasteiger partial charge >= 0.3 is 10.3 Å². The lowest BCUT2D eigenvalue weighted by molar-refractivity contribution is 0.484. The van der Waals surface area contributed by atoms with Crippen molar-refractivity contribution in [2.24, 2.45) is 12.2 Å². The zero-order valence-electron chi connectivity index (χ0n) is 17.1. The second-order valence-electron chi connectivity index (χ2n) is 7.69. The van der Waals surface area contributed by atoms with Gasteiger partial charge in [-0.2, -0.15) is 13.6 Å². The van der Waals surface area contributed by atoms with Gasteiger partial charge in [0.25, 0.3) is 0 Å². The molecule has 8 heteroatoms. The van der Waals surface area contributed by atoms with E-state index in [0.29, 0.717) is 5.56 Å². The van der Waals surface area contributed by atoms with Crippen molar-refractivity contribution >= 4 is 48.0 Å². The summed E-state index contributed by atoms with van der Waals surface area (Å²) in [6, 6.07) is 21.3. The first-order chi connectivity index (χ1) is 15.3. The van der Waals surface area contributed by atoms with Crippen LogP contribution in [0, 0.1) is 0 Å². The number of hydrogen-bond acceptors (Lipinski definition) is 3. The Kier molecular flexibility index (Phi) is 5.08. The van der Waals surface area contributed by atoms with Crippen LogP contribution in [0.25, 0.3) is 21.8 Å². The summed E-state index contributed by atoms with van der Waals surface area (Å²) in [5, 5.41) is 7.34. The van der Waals surface area contributed by atoms with E-state index in [0.717, 1.165) is 37.4 Å². The molecule has 2 aromatic heterocycles. The van der Waals surface area contributed by atoms with Crippen molar-refractivity contribution in [3.8, 4) is 5.75 Å². The molecule has 3 aromatic carbocycles. The van der Waals surface area contributed by atoms with E-state index in [2.05, 4.69) is 49.9 Å². The number of aromatic nitrogens is 2. The lowest BCUT2D eigenvalue weighted by Gasteiger charge is -2.20. The summed E-state index contributed by atoms with van der Waals surface area (Å²) in [6.07, 6.45) is 4.05. The second-order valence-corrected chi connectivity index (χ2v) is 9.76. The first-order valence-electron chi connectivity index (χ1n) is 9.93. The Labute approximate surface area is 194 Å². The number of fused-ring (bicyclic) bond motifs is 2. The highest BCUT2D eigenvalue weighted by molar-refractivity contribution is 9.10. The topological polar surface area (TPSA) is 90.1 Å². The molecule has 0 radical (unpaired) electrons. The molecule has 0 aliphatic carbocycles. The minimum atomic E-state index is -4.19. The van der Waals surface area contributed by atoms with Gasteiger partial charge in [-0.15, -0.1) is 0 Å². The minimum Gasteiger partial charge on any atom is -0.371 e. The van der Waals surface area contributed by atoms with E-state index in [1.165, 1.54) is 0 Å². The molecular weight excluding hydrogens is 490 g/mol. The monoisotopic (exact) mass is 509 g/mol.